The van der Waals surface area contributed by atoms with Crippen molar-refractivity contribution >= 4 is 45.9 Å². The van der Waals surface area contributed by atoms with Crippen molar-refractivity contribution in [2.45, 2.75) is 121 Å². The lowest BCUT2D eigenvalue weighted by molar-refractivity contribution is 0.0581. The Hall–Kier alpha value is -2.68. The molecular weight excluding hydrogens is 507 g/mol. The smallest absolute Gasteiger partial charge is 0.252 e. The third kappa shape index (κ3) is 2.47. The molecule has 0 N–H and O–H groups in total. The van der Waals surface area contributed by atoms with Crippen molar-refractivity contribution < 1.29 is 0 Å². The predicted molar refractivity (Wildman–Crippen MR) is 178 cm³/mol. The molecule has 3 aromatic rings. The van der Waals surface area contributed by atoms with Gasteiger partial charge in [0.2, 0.25) is 0 Å². The Labute approximate surface area is 253 Å². The highest BCUT2D eigenvalue weighted by Crippen LogP contribution is 2.66. The van der Waals surface area contributed by atoms with Gasteiger partial charge in [-0.05, 0) is 97.9 Å². The van der Waals surface area contributed by atoms with Gasteiger partial charge in [-0.25, -0.2) is 0 Å². The molecule has 3 aromatic carbocycles. The summed E-state index contributed by atoms with van der Waals surface area (Å²) in [7, 11) is 0. The molecule has 2 nitrogen and oxygen atoms in total. The number of para-hydroxylation sites is 1. The van der Waals surface area contributed by atoms with E-state index in [1.807, 2.05) is 0 Å². The summed E-state index contributed by atoms with van der Waals surface area (Å²) in [5.41, 5.74) is 16.2. The van der Waals surface area contributed by atoms with Gasteiger partial charge in [0.15, 0.2) is 0 Å². The molecule has 0 spiro atoms. The van der Waals surface area contributed by atoms with Crippen LogP contribution in [0.2, 0.25) is 0 Å². The molecule has 6 atom stereocenters. The Bertz CT molecular complexity index is 1730. The molecule has 10 rings (SSSR count). The minimum Gasteiger partial charge on any atom is -0.335 e. The van der Waals surface area contributed by atoms with Crippen molar-refractivity contribution in [3.63, 3.8) is 0 Å². The molecule has 0 bridgehead atoms. The number of rotatable bonds is 0. The molecule has 3 fully saturated rings. The van der Waals surface area contributed by atoms with Gasteiger partial charge in [0.05, 0.1) is 11.1 Å². The van der Waals surface area contributed by atoms with E-state index in [-0.39, 0.29) is 21.9 Å². The zero-order valence-corrected chi connectivity index (χ0v) is 26.3. The van der Waals surface area contributed by atoms with Gasteiger partial charge in [0.25, 0.3) is 6.71 Å². The summed E-state index contributed by atoms with van der Waals surface area (Å²) in [5.74, 6) is 1.76. The molecule has 214 valence electrons. The van der Waals surface area contributed by atoms with Gasteiger partial charge in [-0.15, -0.1) is 0 Å². The summed E-state index contributed by atoms with van der Waals surface area (Å²) < 4.78 is 0. The molecule has 0 aromatic heterocycles. The first kappa shape index (κ1) is 24.7. The van der Waals surface area contributed by atoms with Crippen LogP contribution in [-0.4, -0.2) is 17.8 Å². The summed E-state index contributed by atoms with van der Waals surface area (Å²) >= 11 is 0. The van der Waals surface area contributed by atoms with Gasteiger partial charge in [-0.1, -0.05) is 94.3 Å². The fourth-order valence-electron chi connectivity index (χ4n) is 12.5. The van der Waals surface area contributed by atoms with Crippen LogP contribution < -0.4 is 26.2 Å². The molecule has 4 heterocycles. The van der Waals surface area contributed by atoms with Crippen LogP contribution in [0.25, 0.3) is 0 Å². The monoisotopic (exact) mass is 552 g/mol. The van der Waals surface area contributed by atoms with Crippen LogP contribution in [0.1, 0.15) is 109 Å². The summed E-state index contributed by atoms with van der Waals surface area (Å²) in [6.07, 6.45) is 13.7. The van der Waals surface area contributed by atoms with Crippen molar-refractivity contribution in [2.24, 2.45) is 11.8 Å². The highest BCUT2D eigenvalue weighted by atomic mass is 15.3. The van der Waals surface area contributed by atoms with E-state index in [1.54, 1.807) is 38.9 Å². The van der Waals surface area contributed by atoms with E-state index in [0.29, 0.717) is 6.71 Å². The second kappa shape index (κ2) is 7.51. The van der Waals surface area contributed by atoms with Gasteiger partial charge in [0.1, 0.15) is 0 Å². The van der Waals surface area contributed by atoms with Crippen molar-refractivity contribution in [3.05, 3.63) is 65.2 Å². The molecule has 42 heavy (non-hydrogen) atoms. The number of hydrogen-bond acceptors (Lipinski definition) is 2. The molecule has 3 heteroatoms. The average molecular weight is 553 g/mol. The first-order chi connectivity index (χ1) is 20.2. The van der Waals surface area contributed by atoms with E-state index in [0.717, 1.165) is 11.8 Å². The minimum atomic E-state index is 0.104. The van der Waals surface area contributed by atoms with Gasteiger partial charge in [0, 0.05) is 33.6 Å². The summed E-state index contributed by atoms with van der Waals surface area (Å²) in [4.78, 5) is 5.81. The van der Waals surface area contributed by atoms with Gasteiger partial charge < -0.3 is 9.80 Å². The molecule has 7 aliphatic rings. The molecule has 3 aliphatic carbocycles. The predicted octanol–water partition coefficient (Wildman–Crippen LogP) is 7.65. The Morgan fingerprint density at radius 3 is 2.12 bits per heavy atom. The molecule has 0 amide bonds. The second-order valence-electron chi connectivity index (χ2n) is 16.4. The van der Waals surface area contributed by atoms with Crippen LogP contribution in [0.5, 0.6) is 0 Å². The standard InChI is InChI=1S/C39H45BN2/c1-24-20-28-35-30(21-24)40-29-15-10-14-27-34(29)41(38(4)19-9-8-18-36(27,38)2)31-16-11-17-32(33(31)40)42(35)39(5)23-26-13-7-6-12-25(26)22-37(28,39)3/h10-11,14-17,20-21,25-26H,6-9,12-13,18-19,22-23H2,1-5H3. The van der Waals surface area contributed by atoms with E-state index in [9.17, 15) is 0 Å². The normalized spacial score (nSPS) is 37.9. The Morgan fingerprint density at radius 1 is 0.667 bits per heavy atom. The molecule has 0 radical (unpaired) electrons. The minimum absolute atomic E-state index is 0.104. The summed E-state index contributed by atoms with van der Waals surface area (Å²) in [6, 6.07) is 20.0. The molecule has 0 saturated heterocycles. The Kier molecular flexibility index (Phi) is 4.42. The van der Waals surface area contributed by atoms with Crippen LogP contribution in [0.4, 0.5) is 22.7 Å². The lowest BCUT2D eigenvalue weighted by atomic mass is 9.33. The van der Waals surface area contributed by atoms with Crippen LogP contribution in [-0.2, 0) is 10.8 Å². The zero-order chi connectivity index (χ0) is 28.4. The number of nitrogens with zero attached hydrogens (tertiary/aromatic N) is 2. The van der Waals surface area contributed by atoms with Crippen LogP contribution in [0.15, 0.2) is 48.5 Å². The van der Waals surface area contributed by atoms with Gasteiger partial charge in [-0.2, -0.15) is 0 Å². The fraction of sp³-hybridized carbons (Fsp3) is 0.538. The van der Waals surface area contributed by atoms with Crippen molar-refractivity contribution in [2.75, 3.05) is 9.80 Å². The third-order valence-electron chi connectivity index (χ3n) is 14.8. The first-order valence-electron chi connectivity index (χ1n) is 17.2. The second-order valence-corrected chi connectivity index (χ2v) is 16.4. The topological polar surface area (TPSA) is 6.48 Å². The van der Waals surface area contributed by atoms with Crippen LogP contribution >= 0.6 is 0 Å². The SMILES string of the molecule is Cc1cc2c3c(c1)C1(C)CC4CCCCC4CC1(C)N3c1cccc3c1B2c1cccc2c1N3C1(C)CCCCC21C. The maximum absolute atomic E-state index is 2.94. The van der Waals surface area contributed by atoms with Gasteiger partial charge >= 0.3 is 0 Å². The maximum Gasteiger partial charge on any atom is 0.252 e. The van der Waals surface area contributed by atoms with E-state index >= 15 is 0 Å². The Balaban J connectivity index is 1.30. The summed E-state index contributed by atoms with van der Waals surface area (Å²) in [5, 5.41) is 0. The average Bonchev–Trinajstić information content (AvgIpc) is 3.31. The Morgan fingerprint density at radius 2 is 1.33 bits per heavy atom. The third-order valence-corrected chi connectivity index (χ3v) is 14.8. The highest BCUT2D eigenvalue weighted by molar-refractivity contribution is 7.00. The largest absolute Gasteiger partial charge is 0.335 e. The van der Waals surface area contributed by atoms with Crippen molar-refractivity contribution in [3.8, 4) is 0 Å². The molecule has 4 aliphatic heterocycles. The molecular formula is C39H45BN2. The van der Waals surface area contributed by atoms with Crippen molar-refractivity contribution in [1.29, 1.82) is 0 Å². The van der Waals surface area contributed by atoms with Crippen LogP contribution in [0, 0.1) is 18.8 Å². The fourth-order valence-corrected chi connectivity index (χ4v) is 12.5. The van der Waals surface area contributed by atoms with Gasteiger partial charge in [-0.3, -0.25) is 0 Å². The number of aryl methyl sites for hydroxylation is 1. The molecule has 3 saturated carbocycles. The zero-order valence-electron chi connectivity index (χ0n) is 26.3. The molecule has 6 unspecified atom stereocenters. The lowest BCUT2D eigenvalue weighted by Gasteiger charge is -2.57. The number of anilines is 4. The van der Waals surface area contributed by atoms with Crippen LogP contribution in [0.3, 0.4) is 0 Å². The maximum atomic E-state index is 2.94. The first-order valence-corrected chi connectivity index (χ1v) is 17.2. The quantitative estimate of drug-likeness (QED) is 0.265. The number of fused-ring (bicyclic) bond motifs is 11. The highest BCUT2D eigenvalue weighted by Gasteiger charge is 2.66. The van der Waals surface area contributed by atoms with E-state index in [2.05, 4.69) is 92.9 Å². The number of benzene rings is 3. The van der Waals surface area contributed by atoms with E-state index in [1.165, 1.54) is 81.1 Å². The van der Waals surface area contributed by atoms with E-state index in [4.69, 9.17) is 0 Å². The van der Waals surface area contributed by atoms with E-state index < -0.39 is 0 Å². The van der Waals surface area contributed by atoms with Crippen molar-refractivity contribution in [1.82, 2.24) is 0 Å². The number of hydrogen-bond donors (Lipinski definition) is 0. The summed E-state index contributed by atoms with van der Waals surface area (Å²) in [6.45, 7) is 13.2. The lowest BCUT2D eigenvalue weighted by Crippen LogP contribution is -2.67.